The average molecular weight is 373 g/mol. The van der Waals surface area contributed by atoms with E-state index in [-0.39, 0.29) is 5.41 Å². The Hall–Kier alpha value is -1.82. The van der Waals surface area contributed by atoms with Gasteiger partial charge in [-0.05, 0) is 64.3 Å². The van der Waals surface area contributed by atoms with Crippen LogP contribution in [0.3, 0.4) is 0 Å². The topological polar surface area (TPSA) is 0 Å². The maximum atomic E-state index is 2.54. The summed E-state index contributed by atoms with van der Waals surface area (Å²) in [6.45, 7) is 9.51. The third-order valence-electron chi connectivity index (χ3n) is 6.95. The van der Waals surface area contributed by atoms with Gasteiger partial charge in [-0.3, -0.25) is 0 Å². The Kier molecular flexibility index (Phi) is 5.25. The molecule has 4 rings (SSSR count). The molecular weight excluding hydrogens is 336 g/mol. The van der Waals surface area contributed by atoms with Crippen LogP contribution in [0.5, 0.6) is 0 Å². The minimum Gasteiger partial charge on any atom is -0.0646 e. The molecule has 2 aliphatic rings. The van der Waals surface area contributed by atoms with Gasteiger partial charge in [0, 0.05) is 0 Å². The molecule has 1 fully saturated rings. The van der Waals surface area contributed by atoms with Crippen molar-refractivity contribution >= 4 is 6.08 Å². The van der Waals surface area contributed by atoms with Crippen molar-refractivity contribution in [3.05, 3.63) is 64.7 Å². The maximum absolute atomic E-state index is 2.54. The van der Waals surface area contributed by atoms with Gasteiger partial charge >= 0.3 is 0 Å². The van der Waals surface area contributed by atoms with Crippen molar-refractivity contribution in [1.29, 1.82) is 0 Å². The Morgan fingerprint density at radius 3 is 2.21 bits per heavy atom. The fraction of sp³-hybridized carbons (Fsp3) is 0.500. The van der Waals surface area contributed by atoms with Gasteiger partial charge in [-0.2, -0.15) is 0 Å². The lowest BCUT2D eigenvalue weighted by molar-refractivity contribution is 0.274. The predicted octanol–water partition coefficient (Wildman–Crippen LogP) is 8.34. The summed E-state index contributed by atoms with van der Waals surface area (Å²) in [5.74, 6) is 0. The molecule has 0 spiro atoms. The molecule has 0 nitrogen and oxygen atoms in total. The molecule has 2 aromatic rings. The molecule has 0 N–H and O–H groups in total. The van der Waals surface area contributed by atoms with E-state index in [1.807, 2.05) is 0 Å². The average Bonchev–Trinajstić information content (AvgIpc) is 2.93. The Morgan fingerprint density at radius 1 is 0.821 bits per heavy atom. The fourth-order valence-corrected chi connectivity index (χ4v) is 5.46. The summed E-state index contributed by atoms with van der Waals surface area (Å²) >= 11 is 0. The maximum Gasteiger partial charge on any atom is -0.00574 e. The van der Waals surface area contributed by atoms with Gasteiger partial charge in [-0.25, -0.2) is 0 Å². The summed E-state index contributed by atoms with van der Waals surface area (Å²) < 4.78 is 0. The van der Waals surface area contributed by atoms with E-state index in [9.17, 15) is 0 Å². The van der Waals surface area contributed by atoms with Gasteiger partial charge in [-0.15, -0.1) is 0 Å². The van der Waals surface area contributed by atoms with Crippen molar-refractivity contribution in [1.82, 2.24) is 0 Å². The number of allylic oxidation sites excluding steroid dienone is 1. The Bertz CT molecular complexity index is 867. The van der Waals surface area contributed by atoms with Crippen LogP contribution in [0.15, 0.2) is 48.0 Å². The molecule has 2 aromatic carbocycles. The molecule has 1 saturated carbocycles. The Morgan fingerprint density at radius 2 is 1.50 bits per heavy atom. The molecular formula is C28H36. The number of hydrogen-bond donors (Lipinski definition) is 0. The summed E-state index contributed by atoms with van der Waals surface area (Å²) in [5.41, 5.74) is 9.58. The zero-order valence-corrected chi connectivity index (χ0v) is 18.3. The summed E-state index contributed by atoms with van der Waals surface area (Å²) in [7, 11) is 0. The molecule has 0 unspecified atom stereocenters. The second-order valence-corrected chi connectivity index (χ2v) is 10.6. The molecule has 28 heavy (non-hydrogen) atoms. The SMILES string of the molecule is CC1(CC2=Cc3c(cccc3-c3ccccc3C(C)(C)C)C2)CCCCCC1. The van der Waals surface area contributed by atoms with Crippen LogP contribution >= 0.6 is 0 Å². The zero-order chi connectivity index (χ0) is 19.8. The van der Waals surface area contributed by atoms with Crippen molar-refractivity contribution in [2.75, 3.05) is 0 Å². The van der Waals surface area contributed by atoms with Crippen molar-refractivity contribution in [2.45, 2.75) is 84.5 Å². The van der Waals surface area contributed by atoms with Gasteiger partial charge < -0.3 is 0 Å². The molecule has 0 amide bonds. The second-order valence-electron chi connectivity index (χ2n) is 10.6. The smallest absolute Gasteiger partial charge is 0.00574 e. The molecule has 0 bridgehead atoms. The minimum absolute atomic E-state index is 0.151. The monoisotopic (exact) mass is 372 g/mol. The van der Waals surface area contributed by atoms with E-state index in [1.54, 1.807) is 5.57 Å². The molecule has 0 aromatic heterocycles. The van der Waals surface area contributed by atoms with Crippen molar-refractivity contribution in [2.24, 2.45) is 5.41 Å². The van der Waals surface area contributed by atoms with E-state index in [1.165, 1.54) is 72.8 Å². The fourth-order valence-electron chi connectivity index (χ4n) is 5.46. The molecule has 0 heterocycles. The van der Waals surface area contributed by atoms with Gasteiger partial charge in [0.15, 0.2) is 0 Å². The van der Waals surface area contributed by atoms with Crippen molar-refractivity contribution in [3.63, 3.8) is 0 Å². The molecule has 0 saturated heterocycles. The van der Waals surface area contributed by atoms with Crippen LogP contribution in [0.25, 0.3) is 17.2 Å². The van der Waals surface area contributed by atoms with Crippen LogP contribution < -0.4 is 0 Å². The van der Waals surface area contributed by atoms with Crippen LogP contribution in [-0.4, -0.2) is 0 Å². The van der Waals surface area contributed by atoms with Crippen LogP contribution in [0.2, 0.25) is 0 Å². The third kappa shape index (κ3) is 3.97. The largest absolute Gasteiger partial charge is 0.0646 e. The molecule has 0 radical (unpaired) electrons. The van der Waals surface area contributed by atoms with E-state index in [4.69, 9.17) is 0 Å². The van der Waals surface area contributed by atoms with Gasteiger partial charge in [0.2, 0.25) is 0 Å². The molecule has 0 aliphatic heterocycles. The molecule has 2 aliphatic carbocycles. The highest BCUT2D eigenvalue weighted by atomic mass is 14.3. The summed E-state index contributed by atoms with van der Waals surface area (Å²) in [6.07, 6.45) is 13.5. The Balaban J connectivity index is 1.69. The highest BCUT2D eigenvalue weighted by molar-refractivity contribution is 5.82. The first-order valence-electron chi connectivity index (χ1n) is 11.3. The lowest BCUT2D eigenvalue weighted by Crippen LogP contribution is -2.16. The second kappa shape index (κ2) is 7.54. The molecule has 0 atom stereocenters. The van der Waals surface area contributed by atoms with Crippen LogP contribution in [0.4, 0.5) is 0 Å². The normalized spacial score (nSPS) is 19.1. The van der Waals surface area contributed by atoms with E-state index in [2.05, 4.69) is 76.2 Å². The number of rotatable bonds is 3. The van der Waals surface area contributed by atoms with Gasteiger partial charge in [0.05, 0.1) is 0 Å². The zero-order valence-electron chi connectivity index (χ0n) is 18.3. The minimum atomic E-state index is 0.151. The molecule has 0 heteroatoms. The predicted molar refractivity (Wildman–Crippen MR) is 123 cm³/mol. The van der Waals surface area contributed by atoms with Crippen LogP contribution in [0.1, 0.15) is 89.3 Å². The third-order valence-corrected chi connectivity index (χ3v) is 6.95. The quantitative estimate of drug-likeness (QED) is 0.475. The summed E-state index contributed by atoms with van der Waals surface area (Å²) in [6, 6.07) is 15.9. The van der Waals surface area contributed by atoms with E-state index in [0.29, 0.717) is 5.41 Å². The van der Waals surface area contributed by atoms with Gasteiger partial charge in [-0.1, -0.05) is 107 Å². The van der Waals surface area contributed by atoms with E-state index < -0.39 is 0 Å². The van der Waals surface area contributed by atoms with Gasteiger partial charge in [0.1, 0.15) is 0 Å². The highest BCUT2D eigenvalue weighted by Crippen LogP contribution is 2.44. The summed E-state index contributed by atoms with van der Waals surface area (Å²) in [4.78, 5) is 0. The van der Waals surface area contributed by atoms with E-state index in [0.717, 1.165) is 6.42 Å². The van der Waals surface area contributed by atoms with Crippen molar-refractivity contribution < 1.29 is 0 Å². The number of hydrogen-bond acceptors (Lipinski definition) is 0. The Labute approximate surface area is 172 Å². The van der Waals surface area contributed by atoms with Gasteiger partial charge in [0.25, 0.3) is 0 Å². The molecule has 148 valence electrons. The number of benzene rings is 2. The lowest BCUT2D eigenvalue weighted by atomic mass is 9.77. The first kappa shape index (κ1) is 19.5. The first-order valence-corrected chi connectivity index (χ1v) is 11.3. The van der Waals surface area contributed by atoms with Crippen LogP contribution in [0, 0.1) is 5.41 Å². The highest BCUT2D eigenvalue weighted by Gasteiger charge is 2.29. The standard InChI is InChI=1S/C28H36/c1-27(2,3)26-15-8-7-13-24(26)23-14-11-12-22-18-21(19-25(22)23)20-28(4)16-9-5-6-10-17-28/h7-8,11-15,19H,5-6,9-10,16-18,20H2,1-4H3. The first-order chi connectivity index (χ1) is 13.4. The lowest BCUT2D eigenvalue weighted by Gasteiger charge is -2.28. The number of fused-ring (bicyclic) bond motifs is 1. The van der Waals surface area contributed by atoms with Crippen LogP contribution in [-0.2, 0) is 11.8 Å². The summed E-state index contributed by atoms with van der Waals surface area (Å²) in [5, 5.41) is 0. The van der Waals surface area contributed by atoms with Crippen molar-refractivity contribution in [3.8, 4) is 11.1 Å². The van der Waals surface area contributed by atoms with E-state index >= 15 is 0 Å².